The van der Waals surface area contributed by atoms with Crippen LogP contribution in [0.5, 0.6) is 11.5 Å². The first kappa shape index (κ1) is 22.8. The highest BCUT2D eigenvalue weighted by Crippen LogP contribution is 2.29. The maximum Gasteiger partial charge on any atom is 0.262 e. The number of carbonyl (C=O) groups is 1. The summed E-state index contributed by atoms with van der Waals surface area (Å²) in [5.41, 5.74) is 8.96. The molecule has 1 atom stereocenters. The zero-order chi connectivity index (χ0) is 18.9. The molecule has 0 saturated heterocycles. The lowest BCUT2D eigenvalue weighted by molar-refractivity contribution is -0.118. The Kier molecular flexibility index (Phi) is 9.68. The zero-order valence-corrected chi connectivity index (χ0v) is 17.0. The molecule has 2 aromatic carbocycles. The summed E-state index contributed by atoms with van der Waals surface area (Å²) in [7, 11) is 0. The number of aryl methyl sites for hydroxylation is 1. The maximum absolute atomic E-state index is 12.1. The topological polar surface area (TPSA) is 73.6 Å². The molecule has 0 aliphatic rings. The van der Waals surface area contributed by atoms with E-state index >= 15 is 0 Å². The Morgan fingerprint density at radius 3 is 2.56 bits per heavy atom. The largest absolute Gasteiger partial charge is 0.490 e. The van der Waals surface area contributed by atoms with Gasteiger partial charge in [0.15, 0.2) is 18.1 Å². The molecule has 27 heavy (non-hydrogen) atoms. The van der Waals surface area contributed by atoms with E-state index in [1.807, 2.05) is 56.3 Å². The normalized spacial score (nSPS) is 11.3. The highest BCUT2D eigenvalue weighted by molar-refractivity contribution is 5.92. The molecule has 0 fully saturated rings. The van der Waals surface area contributed by atoms with Gasteiger partial charge in [-0.3, -0.25) is 4.79 Å². The summed E-state index contributed by atoms with van der Waals surface area (Å²) in [6, 6.07) is 13.5. The summed E-state index contributed by atoms with van der Waals surface area (Å²) >= 11 is 0. The average Bonchev–Trinajstić information content (AvgIpc) is 2.61. The number of anilines is 1. The van der Waals surface area contributed by atoms with Crippen molar-refractivity contribution in [1.82, 2.24) is 0 Å². The van der Waals surface area contributed by atoms with E-state index in [0.717, 1.165) is 29.7 Å². The fourth-order valence-corrected chi connectivity index (χ4v) is 2.58. The van der Waals surface area contributed by atoms with Crippen LogP contribution < -0.4 is 20.5 Å². The van der Waals surface area contributed by atoms with Crippen LogP contribution in [0.15, 0.2) is 42.5 Å². The van der Waals surface area contributed by atoms with Crippen LogP contribution >= 0.6 is 12.4 Å². The quantitative estimate of drug-likeness (QED) is 0.673. The SMILES string of the molecule is CCOc1cc(CC(N)CC)ccc1OCC(=O)Nc1cccc(C)c1.Cl. The number of ether oxygens (including phenoxy) is 2. The fourth-order valence-electron chi connectivity index (χ4n) is 2.58. The summed E-state index contributed by atoms with van der Waals surface area (Å²) in [6.07, 6.45) is 1.70. The molecule has 1 unspecified atom stereocenters. The van der Waals surface area contributed by atoms with Gasteiger partial charge in [-0.1, -0.05) is 25.1 Å². The molecule has 2 rings (SSSR count). The van der Waals surface area contributed by atoms with Gasteiger partial charge in [-0.15, -0.1) is 12.4 Å². The van der Waals surface area contributed by atoms with Crippen molar-refractivity contribution in [2.45, 2.75) is 39.7 Å². The van der Waals surface area contributed by atoms with E-state index in [0.29, 0.717) is 18.1 Å². The van der Waals surface area contributed by atoms with Crippen molar-refractivity contribution in [1.29, 1.82) is 0 Å². The minimum absolute atomic E-state index is 0. The predicted molar refractivity (Wildman–Crippen MR) is 112 cm³/mol. The standard InChI is InChI=1S/C21H28N2O3.ClH/c1-4-17(22)12-16-9-10-19(20(13-16)25-5-2)26-14-21(24)23-18-8-6-7-15(3)11-18;/h6-11,13,17H,4-5,12,14,22H2,1-3H3,(H,23,24);1H. The Labute approximate surface area is 167 Å². The van der Waals surface area contributed by atoms with Crippen LogP contribution in [0.3, 0.4) is 0 Å². The van der Waals surface area contributed by atoms with Crippen LogP contribution in [0, 0.1) is 6.92 Å². The Balaban J connectivity index is 0.00000364. The second-order valence-corrected chi connectivity index (χ2v) is 6.29. The van der Waals surface area contributed by atoms with E-state index < -0.39 is 0 Å². The molecule has 2 aromatic rings. The Morgan fingerprint density at radius 1 is 1.11 bits per heavy atom. The molecule has 0 aliphatic heterocycles. The lowest BCUT2D eigenvalue weighted by Gasteiger charge is -2.15. The van der Waals surface area contributed by atoms with Gasteiger partial charge < -0.3 is 20.5 Å². The molecule has 1 amide bonds. The summed E-state index contributed by atoms with van der Waals surface area (Å²) in [5.74, 6) is 0.979. The molecule has 5 nitrogen and oxygen atoms in total. The first-order valence-corrected chi connectivity index (χ1v) is 9.02. The van der Waals surface area contributed by atoms with Crippen LogP contribution in [-0.4, -0.2) is 25.2 Å². The molecule has 0 aromatic heterocycles. The summed E-state index contributed by atoms with van der Waals surface area (Å²) < 4.78 is 11.3. The monoisotopic (exact) mass is 392 g/mol. The van der Waals surface area contributed by atoms with E-state index in [2.05, 4.69) is 12.2 Å². The first-order chi connectivity index (χ1) is 12.5. The van der Waals surface area contributed by atoms with Crippen molar-refractivity contribution < 1.29 is 14.3 Å². The molecule has 6 heteroatoms. The number of nitrogens with one attached hydrogen (secondary N) is 1. The van der Waals surface area contributed by atoms with Crippen molar-refractivity contribution in [3.05, 3.63) is 53.6 Å². The number of hydrogen-bond acceptors (Lipinski definition) is 4. The summed E-state index contributed by atoms with van der Waals surface area (Å²) in [5, 5.41) is 2.83. The number of rotatable bonds is 9. The van der Waals surface area contributed by atoms with Gasteiger partial charge in [0, 0.05) is 11.7 Å². The van der Waals surface area contributed by atoms with E-state index in [1.54, 1.807) is 0 Å². The van der Waals surface area contributed by atoms with Gasteiger partial charge in [-0.2, -0.15) is 0 Å². The lowest BCUT2D eigenvalue weighted by Crippen LogP contribution is -2.21. The van der Waals surface area contributed by atoms with Crippen LogP contribution in [0.4, 0.5) is 5.69 Å². The van der Waals surface area contributed by atoms with Crippen LogP contribution in [0.2, 0.25) is 0 Å². The molecular formula is C21H29ClN2O3. The maximum atomic E-state index is 12.1. The van der Waals surface area contributed by atoms with Gasteiger partial charge in [0.05, 0.1) is 6.61 Å². The van der Waals surface area contributed by atoms with Crippen molar-refractivity contribution in [2.75, 3.05) is 18.5 Å². The second-order valence-electron chi connectivity index (χ2n) is 6.29. The van der Waals surface area contributed by atoms with E-state index in [4.69, 9.17) is 15.2 Å². The van der Waals surface area contributed by atoms with Gasteiger partial charge >= 0.3 is 0 Å². The van der Waals surface area contributed by atoms with Gasteiger partial charge in [0.2, 0.25) is 0 Å². The highest BCUT2D eigenvalue weighted by atomic mass is 35.5. The third-order valence-electron chi connectivity index (χ3n) is 3.99. The minimum atomic E-state index is -0.213. The molecule has 0 bridgehead atoms. The van der Waals surface area contributed by atoms with Crippen molar-refractivity contribution in [2.24, 2.45) is 5.73 Å². The lowest BCUT2D eigenvalue weighted by atomic mass is 10.0. The van der Waals surface area contributed by atoms with Crippen LogP contribution in [-0.2, 0) is 11.2 Å². The summed E-state index contributed by atoms with van der Waals surface area (Å²) in [6.45, 7) is 6.40. The Hall–Kier alpha value is -2.24. The zero-order valence-electron chi connectivity index (χ0n) is 16.2. The summed E-state index contributed by atoms with van der Waals surface area (Å²) in [4.78, 5) is 12.1. The van der Waals surface area contributed by atoms with Crippen molar-refractivity contribution >= 4 is 24.0 Å². The number of nitrogens with two attached hydrogens (primary N) is 1. The van der Waals surface area contributed by atoms with Crippen LogP contribution in [0.1, 0.15) is 31.4 Å². The van der Waals surface area contributed by atoms with Crippen molar-refractivity contribution in [3.63, 3.8) is 0 Å². The van der Waals surface area contributed by atoms with Crippen molar-refractivity contribution in [3.8, 4) is 11.5 Å². The molecule has 0 saturated carbocycles. The number of halogens is 1. The highest BCUT2D eigenvalue weighted by Gasteiger charge is 2.11. The molecule has 3 N–H and O–H groups in total. The molecule has 0 spiro atoms. The van der Waals surface area contributed by atoms with E-state index in [1.165, 1.54) is 0 Å². The third kappa shape index (κ3) is 7.49. The average molecular weight is 393 g/mol. The molecular weight excluding hydrogens is 364 g/mol. The van der Waals surface area contributed by atoms with Gasteiger partial charge in [0.25, 0.3) is 5.91 Å². The number of amides is 1. The van der Waals surface area contributed by atoms with Gasteiger partial charge in [0.1, 0.15) is 0 Å². The molecule has 148 valence electrons. The Bertz CT molecular complexity index is 737. The smallest absolute Gasteiger partial charge is 0.262 e. The number of carbonyl (C=O) groups excluding carboxylic acids is 1. The first-order valence-electron chi connectivity index (χ1n) is 9.02. The molecule has 0 radical (unpaired) electrons. The van der Waals surface area contributed by atoms with E-state index in [-0.39, 0.29) is 31.0 Å². The van der Waals surface area contributed by atoms with Crippen LogP contribution in [0.25, 0.3) is 0 Å². The minimum Gasteiger partial charge on any atom is -0.490 e. The molecule has 0 aliphatic carbocycles. The molecule has 0 heterocycles. The predicted octanol–water partition coefficient (Wildman–Crippen LogP) is 4.11. The van der Waals surface area contributed by atoms with Gasteiger partial charge in [-0.25, -0.2) is 0 Å². The van der Waals surface area contributed by atoms with E-state index in [9.17, 15) is 4.79 Å². The Morgan fingerprint density at radius 2 is 1.89 bits per heavy atom. The number of hydrogen-bond donors (Lipinski definition) is 2. The number of benzene rings is 2. The fraction of sp³-hybridized carbons (Fsp3) is 0.381. The second kappa shape index (κ2) is 11.5. The van der Waals surface area contributed by atoms with Gasteiger partial charge in [-0.05, 0) is 62.1 Å². The third-order valence-corrected chi connectivity index (χ3v) is 3.99.